The number of thiophene rings is 1. The van der Waals surface area contributed by atoms with Crippen molar-refractivity contribution < 1.29 is 18.7 Å². The minimum Gasteiger partial charge on any atom is -0.497 e. The van der Waals surface area contributed by atoms with Crippen molar-refractivity contribution in [2.75, 3.05) is 39.8 Å². The summed E-state index contributed by atoms with van der Waals surface area (Å²) in [6, 6.07) is 16.3. The van der Waals surface area contributed by atoms with Gasteiger partial charge in [-0.1, -0.05) is 24.3 Å². The van der Waals surface area contributed by atoms with Crippen LogP contribution < -0.4 is 4.74 Å². The highest BCUT2D eigenvalue weighted by molar-refractivity contribution is 7.10. The van der Waals surface area contributed by atoms with Crippen molar-refractivity contribution in [2.45, 2.75) is 31.8 Å². The first-order chi connectivity index (χ1) is 17.9. The number of hydrogen-bond donors (Lipinski definition) is 0. The van der Waals surface area contributed by atoms with Crippen LogP contribution in [-0.2, 0) is 22.4 Å². The molecule has 2 amide bonds. The number of benzene rings is 2. The number of fused-ring (bicyclic) bond motifs is 1. The molecule has 2 atom stereocenters. The van der Waals surface area contributed by atoms with Gasteiger partial charge in [-0.2, -0.15) is 0 Å². The second-order valence-corrected chi connectivity index (χ2v) is 10.8. The van der Waals surface area contributed by atoms with Gasteiger partial charge >= 0.3 is 0 Å². The molecular formula is C29H32FN3O3S. The van der Waals surface area contributed by atoms with E-state index in [-0.39, 0.29) is 36.1 Å². The molecule has 194 valence electrons. The van der Waals surface area contributed by atoms with E-state index in [4.69, 9.17) is 4.74 Å². The Morgan fingerprint density at radius 2 is 1.76 bits per heavy atom. The third-order valence-electron chi connectivity index (χ3n) is 7.40. The van der Waals surface area contributed by atoms with E-state index in [0.717, 1.165) is 29.8 Å². The van der Waals surface area contributed by atoms with Crippen LogP contribution in [0.25, 0.3) is 0 Å². The van der Waals surface area contributed by atoms with E-state index in [1.54, 1.807) is 30.6 Å². The third-order valence-corrected chi connectivity index (χ3v) is 8.40. The summed E-state index contributed by atoms with van der Waals surface area (Å²) in [7, 11) is 1.66. The van der Waals surface area contributed by atoms with Crippen LogP contribution in [0.2, 0.25) is 0 Å². The Morgan fingerprint density at radius 1 is 1.00 bits per heavy atom. The zero-order valence-corrected chi connectivity index (χ0v) is 22.0. The fourth-order valence-electron chi connectivity index (χ4n) is 5.42. The molecule has 37 heavy (non-hydrogen) atoms. The molecule has 0 aliphatic carbocycles. The quantitative estimate of drug-likeness (QED) is 0.489. The van der Waals surface area contributed by atoms with Crippen molar-refractivity contribution in [3.63, 3.8) is 0 Å². The number of nitrogens with zero attached hydrogens (tertiary/aromatic N) is 3. The summed E-state index contributed by atoms with van der Waals surface area (Å²) in [5.74, 6) is 0.602. The van der Waals surface area contributed by atoms with Gasteiger partial charge in [-0.25, -0.2) is 4.39 Å². The standard InChI is InChI=1S/C29H32FN3O3S/c1-20-18-31(14-15-33(20)27(34)17-21-3-7-23(30)8-4-21)28(35)19-32-13-11-26-25(12-16-37-26)29(32)22-5-9-24(36-2)10-6-22/h3-10,12,16,20,29H,11,13-15,17-19H2,1-2H3. The van der Waals surface area contributed by atoms with Crippen molar-refractivity contribution in [1.82, 2.24) is 14.7 Å². The molecule has 0 saturated carbocycles. The normalized spacial score (nSPS) is 20.0. The smallest absolute Gasteiger partial charge is 0.236 e. The van der Waals surface area contributed by atoms with Crippen molar-refractivity contribution in [2.24, 2.45) is 0 Å². The van der Waals surface area contributed by atoms with E-state index in [1.165, 1.54) is 22.6 Å². The molecular weight excluding hydrogens is 489 g/mol. The second kappa shape index (κ2) is 11.0. The fourth-order valence-corrected chi connectivity index (χ4v) is 6.33. The van der Waals surface area contributed by atoms with Gasteiger partial charge < -0.3 is 14.5 Å². The molecule has 0 bridgehead atoms. The molecule has 2 aliphatic rings. The molecule has 2 aromatic carbocycles. The molecule has 1 aromatic heterocycles. The number of methoxy groups -OCH3 is 1. The number of piperazine rings is 1. The summed E-state index contributed by atoms with van der Waals surface area (Å²) in [5.41, 5.74) is 3.22. The van der Waals surface area contributed by atoms with Crippen LogP contribution in [-0.4, -0.2) is 72.4 Å². The molecule has 0 N–H and O–H groups in total. The minimum absolute atomic E-state index is 0.00629. The van der Waals surface area contributed by atoms with E-state index >= 15 is 0 Å². The summed E-state index contributed by atoms with van der Waals surface area (Å²) < 4.78 is 18.5. The Hall–Kier alpha value is -3.23. The van der Waals surface area contributed by atoms with Crippen molar-refractivity contribution >= 4 is 23.2 Å². The van der Waals surface area contributed by atoms with E-state index < -0.39 is 0 Å². The summed E-state index contributed by atoms with van der Waals surface area (Å²) in [6.07, 6.45) is 1.17. The van der Waals surface area contributed by atoms with Crippen molar-refractivity contribution in [3.05, 3.63) is 87.4 Å². The van der Waals surface area contributed by atoms with Gasteiger partial charge in [-0.15, -0.1) is 11.3 Å². The molecule has 0 radical (unpaired) electrons. The summed E-state index contributed by atoms with van der Waals surface area (Å²) >= 11 is 1.78. The Labute approximate surface area is 221 Å². The lowest BCUT2D eigenvalue weighted by Gasteiger charge is -2.42. The van der Waals surface area contributed by atoms with Gasteiger partial charge in [-0.3, -0.25) is 14.5 Å². The molecule has 5 rings (SSSR count). The molecule has 6 nitrogen and oxygen atoms in total. The van der Waals surface area contributed by atoms with Crippen LogP contribution in [0.3, 0.4) is 0 Å². The molecule has 8 heteroatoms. The molecule has 1 fully saturated rings. The lowest BCUT2D eigenvalue weighted by molar-refractivity contribution is -0.143. The minimum atomic E-state index is -0.310. The van der Waals surface area contributed by atoms with Crippen LogP contribution in [0.5, 0.6) is 5.75 Å². The average molecular weight is 522 g/mol. The molecule has 3 heterocycles. The van der Waals surface area contributed by atoms with Gasteiger partial charge in [0.2, 0.25) is 11.8 Å². The Kier molecular flexibility index (Phi) is 7.58. The Bertz CT molecular complexity index is 1240. The number of amides is 2. The second-order valence-electron chi connectivity index (χ2n) is 9.77. The number of carbonyl (C=O) groups excluding carboxylic acids is 2. The zero-order valence-electron chi connectivity index (χ0n) is 21.2. The molecule has 1 saturated heterocycles. The lowest BCUT2D eigenvalue weighted by atomic mass is 9.93. The highest BCUT2D eigenvalue weighted by Gasteiger charge is 2.34. The van der Waals surface area contributed by atoms with Crippen LogP contribution in [0, 0.1) is 5.82 Å². The molecule has 2 aliphatic heterocycles. The van der Waals surface area contributed by atoms with E-state index in [0.29, 0.717) is 26.2 Å². The van der Waals surface area contributed by atoms with Crippen molar-refractivity contribution in [1.29, 1.82) is 0 Å². The number of halogens is 1. The van der Waals surface area contributed by atoms with Gasteiger partial charge in [0.05, 0.1) is 26.1 Å². The van der Waals surface area contributed by atoms with Gasteiger partial charge in [0.15, 0.2) is 0 Å². The number of ether oxygens (including phenoxy) is 1. The van der Waals surface area contributed by atoms with E-state index in [1.807, 2.05) is 28.9 Å². The monoisotopic (exact) mass is 521 g/mol. The van der Waals surface area contributed by atoms with Crippen LogP contribution in [0.15, 0.2) is 60.0 Å². The average Bonchev–Trinajstić information content (AvgIpc) is 3.39. The summed E-state index contributed by atoms with van der Waals surface area (Å²) in [4.78, 5) is 33.8. The topological polar surface area (TPSA) is 53.1 Å². The SMILES string of the molecule is COc1ccc(C2c3ccsc3CCN2CC(=O)N2CCN(C(=O)Cc3ccc(F)cc3)C(C)C2)cc1. The maximum atomic E-state index is 13.5. The maximum absolute atomic E-state index is 13.5. The highest BCUT2D eigenvalue weighted by atomic mass is 32.1. The molecule has 3 aromatic rings. The highest BCUT2D eigenvalue weighted by Crippen LogP contribution is 2.38. The van der Waals surface area contributed by atoms with Gasteiger partial charge in [-0.05, 0) is 65.7 Å². The first kappa shape index (κ1) is 25.4. The first-order valence-electron chi connectivity index (χ1n) is 12.7. The fraction of sp³-hybridized carbons (Fsp3) is 0.379. The van der Waals surface area contributed by atoms with Crippen LogP contribution in [0.4, 0.5) is 4.39 Å². The zero-order chi connectivity index (χ0) is 25.9. The van der Waals surface area contributed by atoms with Gasteiger partial charge in [0.25, 0.3) is 0 Å². The largest absolute Gasteiger partial charge is 0.497 e. The lowest BCUT2D eigenvalue weighted by Crippen LogP contribution is -2.57. The predicted molar refractivity (Wildman–Crippen MR) is 142 cm³/mol. The van der Waals surface area contributed by atoms with Crippen LogP contribution in [0.1, 0.15) is 34.5 Å². The summed E-state index contributed by atoms with van der Waals surface area (Å²) in [5, 5.41) is 2.14. The Balaban J connectivity index is 1.24. The number of hydrogen-bond acceptors (Lipinski definition) is 5. The van der Waals surface area contributed by atoms with E-state index in [9.17, 15) is 14.0 Å². The number of rotatable bonds is 6. The first-order valence-corrected chi connectivity index (χ1v) is 13.6. The van der Waals surface area contributed by atoms with Gasteiger partial charge in [0, 0.05) is 37.1 Å². The summed E-state index contributed by atoms with van der Waals surface area (Å²) in [6.45, 7) is 4.68. The maximum Gasteiger partial charge on any atom is 0.236 e. The number of carbonyl (C=O) groups is 2. The molecule has 2 unspecified atom stereocenters. The third kappa shape index (κ3) is 5.55. The molecule has 0 spiro atoms. The van der Waals surface area contributed by atoms with Gasteiger partial charge in [0.1, 0.15) is 11.6 Å². The van der Waals surface area contributed by atoms with Crippen LogP contribution >= 0.6 is 11.3 Å². The predicted octanol–water partition coefficient (Wildman–Crippen LogP) is 4.15. The van der Waals surface area contributed by atoms with Crippen molar-refractivity contribution in [3.8, 4) is 5.75 Å². The van der Waals surface area contributed by atoms with E-state index in [2.05, 4.69) is 28.5 Å². The Morgan fingerprint density at radius 3 is 2.46 bits per heavy atom.